The van der Waals surface area contributed by atoms with Crippen molar-refractivity contribution in [3.8, 4) is 5.69 Å². The van der Waals surface area contributed by atoms with Gasteiger partial charge in [-0.15, -0.1) is 0 Å². The third-order valence-electron chi connectivity index (χ3n) is 4.45. The minimum atomic E-state index is -0.604. The Morgan fingerprint density at radius 2 is 1.72 bits per heavy atom. The molecule has 0 saturated carbocycles. The zero-order valence-electron chi connectivity index (χ0n) is 14.4. The first-order valence-electron chi connectivity index (χ1n) is 8.50. The fraction of sp³-hybridized carbons (Fsp3) is 0.300. The van der Waals surface area contributed by atoms with Gasteiger partial charge in [0.05, 0.1) is 6.61 Å². The summed E-state index contributed by atoms with van der Waals surface area (Å²) in [5.74, 6) is -0.604. The largest absolute Gasteiger partial charge is 0.347 e. The highest BCUT2D eigenvalue weighted by Crippen LogP contribution is 2.36. The molecule has 0 amide bonds. The fourth-order valence-corrected chi connectivity index (χ4v) is 3.15. The Morgan fingerprint density at radius 1 is 1.04 bits per heavy atom. The molecule has 0 N–H and O–H groups in total. The summed E-state index contributed by atoms with van der Waals surface area (Å²) < 4.78 is 16.1. The second-order valence-electron chi connectivity index (χ2n) is 6.70. The van der Waals surface area contributed by atoms with Crippen molar-refractivity contribution in [1.29, 1.82) is 0 Å². The molecular weight excluding hydrogens is 314 g/mol. The Bertz CT molecular complexity index is 830. The molecule has 1 aliphatic rings. The van der Waals surface area contributed by atoms with Gasteiger partial charge in [0.2, 0.25) is 6.33 Å². The van der Waals surface area contributed by atoms with Crippen LogP contribution < -0.4 is 4.57 Å². The summed E-state index contributed by atoms with van der Waals surface area (Å²) in [6, 6.07) is 20.4. The average molecular weight is 336 g/mol. The van der Waals surface area contributed by atoms with Gasteiger partial charge in [0.25, 0.3) is 6.33 Å². The van der Waals surface area contributed by atoms with Crippen molar-refractivity contribution in [3.63, 3.8) is 0 Å². The summed E-state index contributed by atoms with van der Waals surface area (Å²) in [4.78, 5) is 0. The molecule has 4 rings (SSSR count). The summed E-state index contributed by atoms with van der Waals surface area (Å²) in [5.41, 5.74) is 2.17. The van der Waals surface area contributed by atoms with Crippen molar-refractivity contribution < 1.29 is 14.0 Å². The highest BCUT2D eigenvalue weighted by molar-refractivity contribution is 5.28. The van der Waals surface area contributed by atoms with Gasteiger partial charge in [0, 0.05) is 5.10 Å². The second kappa shape index (κ2) is 6.43. The molecule has 3 aromatic rings. The predicted octanol–water partition coefficient (Wildman–Crippen LogP) is 3.23. The number of para-hydroxylation sites is 1. The first kappa shape index (κ1) is 16.0. The van der Waals surface area contributed by atoms with Crippen LogP contribution in [0.25, 0.3) is 5.69 Å². The number of hydrogen-bond donors (Lipinski definition) is 0. The minimum Gasteiger partial charge on any atom is -0.347 e. The summed E-state index contributed by atoms with van der Waals surface area (Å²) in [7, 11) is 0. The van der Waals surface area contributed by atoms with E-state index in [9.17, 15) is 0 Å². The van der Waals surface area contributed by atoms with E-state index >= 15 is 0 Å². The third-order valence-corrected chi connectivity index (χ3v) is 4.45. The van der Waals surface area contributed by atoms with Crippen molar-refractivity contribution in [2.45, 2.75) is 31.8 Å². The summed E-state index contributed by atoms with van der Waals surface area (Å²) in [5, 5.41) is 4.49. The lowest BCUT2D eigenvalue weighted by Crippen LogP contribution is -2.51. The van der Waals surface area contributed by atoms with Crippen LogP contribution in [0.4, 0.5) is 0 Å². The van der Waals surface area contributed by atoms with Crippen LogP contribution in [0.5, 0.6) is 0 Å². The number of ether oxygens (including phenoxy) is 2. The van der Waals surface area contributed by atoms with E-state index in [0.29, 0.717) is 6.61 Å². The fourth-order valence-electron chi connectivity index (χ4n) is 3.15. The lowest BCUT2D eigenvalue weighted by atomic mass is 10.0. The van der Waals surface area contributed by atoms with Crippen molar-refractivity contribution in [2.24, 2.45) is 0 Å². The SMILES string of the molecule is CC1(C)OC[C@H]([n+]2cnn(-c3ccccc3)c2)[C@H](c2ccccc2)O1. The number of nitrogens with zero attached hydrogens (tertiary/aromatic N) is 3. The Morgan fingerprint density at radius 3 is 2.44 bits per heavy atom. The van der Waals surface area contributed by atoms with Gasteiger partial charge in [0.15, 0.2) is 5.79 Å². The van der Waals surface area contributed by atoms with Crippen LogP contribution in [-0.4, -0.2) is 22.2 Å². The molecule has 0 bridgehead atoms. The first-order chi connectivity index (χ1) is 12.1. The third kappa shape index (κ3) is 3.34. The van der Waals surface area contributed by atoms with Crippen LogP contribution in [0.2, 0.25) is 0 Å². The molecule has 1 aromatic heterocycles. The zero-order chi connectivity index (χ0) is 17.3. The van der Waals surface area contributed by atoms with E-state index in [1.54, 1.807) is 0 Å². The Hall–Kier alpha value is -2.50. The normalized spacial score (nSPS) is 22.6. The zero-order valence-corrected chi connectivity index (χ0v) is 14.4. The molecule has 25 heavy (non-hydrogen) atoms. The Labute approximate surface area is 147 Å². The van der Waals surface area contributed by atoms with Gasteiger partial charge in [0.1, 0.15) is 17.8 Å². The van der Waals surface area contributed by atoms with E-state index in [1.807, 2.05) is 79.7 Å². The van der Waals surface area contributed by atoms with Gasteiger partial charge in [-0.1, -0.05) is 53.2 Å². The van der Waals surface area contributed by atoms with Crippen LogP contribution in [-0.2, 0) is 9.47 Å². The maximum Gasteiger partial charge on any atom is 0.266 e. The predicted molar refractivity (Wildman–Crippen MR) is 93.1 cm³/mol. The molecule has 1 fully saturated rings. The molecule has 0 aliphatic carbocycles. The van der Waals surface area contributed by atoms with Crippen molar-refractivity contribution in [2.75, 3.05) is 6.61 Å². The molecule has 0 radical (unpaired) electrons. The van der Waals surface area contributed by atoms with Gasteiger partial charge in [-0.3, -0.25) is 0 Å². The summed E-state index contributed by atoms with van der Waals surface area (Å²) >= 11 is 0. The summed E-state index contributed by atoms with van der Waals surface area (Å²) in [6.45, 7) is 4.48. The van der Waals surface area contributed by atoms with E-state index in [-0.39, 0.29) is 12.1 Å². The molecule has 2 aromatic carbocycles. The minimum absolute atomic E-state index is 0.0212. The molecule has 1 saturated heterocycles. The van der Waals surface area contributed by atoms with E-state index in [4.69, 9.17) is 9.47 Å². The highest BCUT2D eigenvalue weighted by atomic mass is 16.7. The van der Waals surface area contributed by atoms with Gasteiger partial charge >= 0.3 is 0 Å². The molecule has 128 valence electrons. The summed E-state index contributed by atoms with van der Waals surface area (Å²) in [6.07, 6.45) is 3.72. The molecule has 2 heterocycles. The molecule has 5 nitrogen and oxygen atoms in total. The van der Waals surface area contributed by atoms with Gasteiger partial charge < -0.3 is 9.47 Å². The Kier molecular flexibility index (Phi) is 4.11. The van der Waals surface area contributed by atoms with E-state index in [0.717, 1.165) is 11.3 Å². The van der Waals surface area contributed by atoms with E-state index < -0.39 is 5.79 Å². The lowest BCUT2D eigenvalue weighted by molar-refractivity contribution is -0.743. The van der Waals surface area contributed by atoms with Crippen molar-refractivity contribution >= 4 is 0 Å². The quantitative estimate of drug-likeness (QED) is 0.690. The number of hydrogen-bond acceptors (Lipinski definition) is 3. The topological polar surface area (TPSA) is 40.2 Å². The standard InChI is InChI=1S/C20H22N3O2/c1-20(2)24-13-18(19(25-20)16-9-5-3-6-10-16)22-14-21-23(15-22)17-11-7-4-8-12-17/h3-12,14-15,18-19H,13H2,1-2H3/q+1/t18-,19-/m0/s1. The first-order valence-corrected chi connectivity index (χ1v) is 8.50. The average Bonchev–Trinajstić information content (AvgIpc) is 3.12. The number of rotatable bonds is 3. The number of benzene rings is 2. The van der Waals surface area contributed by atoms with Crippen LogP contribution >= 0.6 is 0 Å². The van der Waals surface area contributed by atoms with Crippen molar-refractivity contribution in [1.82, 2.24) is 9.78 Å². The van der Waals surface area contributed by atoms with Crippen molar-refractivity contribution in [3.05, 3.63) is 78.9 Å². The second-order valence-corrected chi connectivity index (χ2v) is 6.70. The molecule has 1 aliphatic heterocycles. The molecule has 0 spiro atoms. The van der Waals surface area contributed by atoms with E-state index in [1.165, 1.54) is 0 Å². The van der Waals surface area contributed by atoms with Crippen LogP contribution in [0.3, 0.4) is 0 Å². The maximum atomic E-state index is 6.26. The van der Waals surface area contributed by atoms with Crippen LogP contribution in [0.15, 0.2) is 73.3 Å². The lowest BCUT2D eigenvalue weighted by Gasteiger charge is -2.40. The van der Waals surface area contributed by atoms with Crippen LogP contribution in [0, 0.1) is 0 Å². The maximum absolute atomic E-state index is 6.26. The number of aromatic nitrogens is 3. The Balaban J connectivity index is 1.67. The van der Waals surface area contributed by atoms with Gasteiger partial charge in [-0.2, -0.15) is 0 Å². The van der Waals surface area contributed by atoms with E-state index in [2.05, 4.69) is 21.8 Å². The highest BCUT2D eigenvalue weighted by Gasteiger charge is 2.40. The molecular formula is C20H22N3O2+. The van der Waals surface area contributed by atoms with Gasteiger partial charge in [-0.25, -0.2) is 4.57 Å². The van der Waals surface area contributed by atoms with Gasteiger partial charge in [-0.05, 0) is 31.5 Å². The molecule has 0 unspecified atom stereocenters. The smallest absolute Gasteiger partial charge is 0.266 e. The molecule has 2 atom stereocenters. The molecule has 5 heteroatoms. The monoisotopic (exact) mass is 336 g/mol. The van der Waals surface area contributed by atoms with Crippen LogP contribution in [0.1, 0.15) is 31.6 Å².